The highest BCUT2D eigenvalue weighted by atomic mass is 16.5. The van der Waals surface area contributed by atoms with Gasteiger partial charge in [0.2, 0.25) is 0 Å². The van der Waals surface area contributed by atoms with Crippen LogP contribution in [0.4, 0.5) is 11.4 Å². The highest BCUT2D eigenvalue weighted by Gasteiger charge is 2.17. The van der Waals surface area contributed by atoms with Gasteiger partial charge < -0.3 is 15.4 Å². The Morgan fingerprint density at radius 2 is 2.29 bits per heavy atom. The van der Waals surface area contributed by atoms with Gasteiger partial charge in [0.15, 0.2) is 0 Å². The fourth-order valence-electron chi connectivity index (χ4n) is 2.42. The van der Waals surface area contributed by atoms with Crippen LogP contribution in [0.2, 0.25) is 0 Å². The normalized spacial score (nSPS) is 20.4. The number of nitrogen functional groups attached to an aromatic ring is 1. The van der Waals surface area contributed by atoms with Crippen molar-refractivity contribution in [1.29, 1.82) is 0 Å². The molecule has 1 aliphatic rings. The Balaban J connectivity index is 2.17. The molecule has 2 N–H and O–H groups in total. The number of ether oxygens (including phenoxy) is 1. The van der Waals surface area contributed by atoms with Crippen LogP contribution < -0.4 is 15.4 Å². The van der Waals surface area contributed by atoms with Gasteiger partial charge in [-0.25, -0.2) is 0 Å². The monoisotopic (exact) mass is 234 g/mol. The molecule has 3 heteroatoms. The lowest BCUT2D eigenvalue weighted by Gasteiger charge is -2.33. The van der Waals surface area contributed by atoms with Crippen LogP contribution in [0.3, 0.4) is 0 Å². The van der Waals surface area contributed by atoms with Gasteiger partial charge in [-0.1, -0.05) is 6.92 Å². The van der Waals surface area contributed by atoms with Crippen LogP contribution in [0.25, 0.3) is 0 Å². The van der Waals surface area contributed by atoms with Crippen LogP contribution in [0.5, 0.6) is 5.75 Å². The quantitative estimate of drug-likeness (QED) is 0.817. The van der Waals surface area contributed by atoms with E-state index in [4.69, 9.17) is 10.5 Å². The maximum absolute atomic E-state index is 5.89. The van der Waals surface area contributed by atoms with Gasteiger partial charge >= 0.3 is 0 Å². The number of hydrogen-bond donors (Lipinski definition) is 1. The van der Waals surface area contributed by atoms with E-state index in [2.05, 4.69) is 24.0 Å². The first-order valence-electron chi connectivity index (χ1n) is 6.48. The second-order valence-electron chi connectivity index (χ2n) is 4.85. The minimum Gasteiger partial charge on any atom is -0.492 e. The molecule has 1 fully saturated rings. The Morgan fingerprint density at radius 3 is 3.00 bits per heavy atom. The molecule has 0 amide bonds. The van der Waals surface area contributed by atoms with Crippen LogP contribution >= 0.6 is 0 Å². The predicted molar refractivity (Wildman–Crippen MR) is 72.6 cm³/mol. The summed E-state index contributed by atoms with van der Waals surface area (Å²) >= 11 is 0. The molecule has 0 spiro atoms. The number of nitrogens with zero attached hydrogens (tertiary/aromatic N) is 1. The lowest BCUT2D eigenvalue weighted by molar-refractivity contribution is 0.342. The largest absolute Gasteiger partial charge is 0.492 e. The summed E-state index contributed by atoms with van der Waals surface area (Å²) in [6.07, 6.45) is 2.61. The van der Waals surface area contributed by atoms with Crippen molar-refractivity contribution in [3.05, 3.63) is 18.2 Å². The molecule has 1 atom stereocenters. The minimum absolute atomic E-state index is 0.657. The number of benzene rings is 1. The maximum Gasteiger partial charge on any atom is 0.144 e. The first-order chi connectivity index (χ1) is 8.20. The van der Waals surface area contributed by atoms with E-state index in [0.717, 1.165) is 30.4 Å². The Labute approximate surface area is 104 Å². The molecule has 94 valence electrons. The van der Waals surface area contributed by atoms with Gasteiger partial charge in [0.05, 0.1) is 12.3 Å². The van der Waals surface area contributed by atoms with E-state index in [1.54, 1.807) is 0 Å². The van der Waals surface area contributed by atoms with Crippen LogP contribution in [0, 0.1) is 5.92 Å². The molecule has 1 unspecified atom stereocenters. The Hall–Kier alpha value is -1.38. The average Bonchev–Trinajstić information content (AvgIpc) is 2.32. The molecule has 0 radical (unpaired) electrons. The van der Waals surface area contributed by atoms with E-state index in [0.29, 0.717) is 6.61 Å². The number of anilines is 2. The van der Waals surface area contributed by atoms with Gasteiger partial charge in [0.25, 0.3) is 0 Å². The number of nitrogens with two attached hydrogens (primary N) is 1. The molecule has 1 heterocycles. The van der Waals surface area contributed by atoms with E-state index < -0.39 is 0 Å². The molecule has 0 aromatic heterocycles. The van der Waals surface area contributed by atoms with Crippen molar-refractivity contribution in [3.63, 3.8) is 0 Å². The van der Waals surface area contributed by atoms with E-state index in [1.807, 2.05) is 13.0 Å². The number of hydrogen-bond acceptors (Lipinski definition) is 3. The summed E-state index contributed by atoms with van der Waals surface area (Å²) in [6.45, 7) is 7.22. The van der Waals surface area contributed by atoms with Crippen LogP contribution in [-0.2, 0) is 0 Å². The van der Waals surface area contributed by atoms with Crippen LogP contribution in [-0.4, -0.2) is 19.7 Å². The predicted octanol–water partition coefficient (Wildman–Crippen LogP) is 2.90. The Morgan fingerprint density at radius 1 is 1.47 bits per heavy atom. The van der Waals surface area contributed by atoms with Crippen molar-refractivity contribution in [1.82, 2.24) is 0 Å². The second kappa shape index (κ2) is 5.30. The summed E-state index contributed by atoms with van der Waals surface area (Å²) in [5.41, 5.74) is 7.84. The van der Waals surface area contributed by atoms with Gasteiger partial charge in [0, 0.05) is 24.8 Å². The summed E-state index contributed by atoms with van der Waals surface area (Å²) in [6, 6.07) is 6.10. The zero-order valence-corrected chi connectivity index (χ0v) is 10.8. The average molecular weight is 234 g/mol. The van der Waals surface area contributed by atoms with Gasteiger partial charge in [-0.15, -0.1) is 0 Å². The van der Waals surface area contributed by atoms with E-state index in [1.165, 1.54) is 18.5 Å². The molecule has 0 bridgehead atoms. The Kier molecular flexibility index (Phi) is 3.77. The first kappa shape index (κ1) is 12.1. The smallest absolute Gasteiger partial charge is 0.144 e. The molecular formula is C14H22N2O. The molecule has 1 aromatic rings. The summed E-state index contributed by atoms with van der Waals surface area (Å²) in [4.78, 5) is 2.43. The highest BCUT2D eigenvalue weighted by molar-refractivity contribution is 5.62. The molecule has 3 nitrogen and oxygen atoms in total. The number of piperidine rings is 1. The van der Waals surface area contributed by atoms with Gasteiger partial charge in [-0.05, 0) is 37.8 Å². The van der Waals surface area contributed by atoms with E-state index in [-0.39, 0.29) is 0 Å². The summed E-state index contributed by atoms with van der Waals surface area (Å²) in [5, 5.41) is 0. The molecule has 1 aliphatic heterocycles. The molecule has 17 heavy (non-hydrogen) atoms. The van der Waals surface area contributed by atoms with E-state index >= 15 is 0 Å². The van der Waals surface area contributed by atoms with Crippen LogP contribution in [0.1, 0.15) is 26.7 Å². The molecule has 2 rings (SSSR count). The lowest BCUT2D eigenvalue weighted by atomic mass is 10.00. The van der Waals surface area contributed by atoms with Gasteiger partial charge in [-0.3, -0.25) is 0 Å². The SMILES string of the molecule is CCOc1cc(N2CCCC(C)C2)ccc1N. The standard InChI is InChI=1S/C14H22N2O/c1-3-17-14-9-12(6-7-13(14)15)16-8-4-5-11(2)10-16/h6-7,9,11H,3-5,8,10,15H2,1-2H3. The van der Waals surface area contributed by atoms with Crippen molar-refractivity contribution in [2.45, 2.75) is 26.7 Å². The zero-order valence-electron chi connectivity index (χ0n) is 10.8. The van der Waals surface area contributed by atoms with Crippen molar-refractivity contribution < 1.29 is 4.74 Å². The third-order valence-corrected chi connectivity index (χ3v) is 3.32. The molecule has 0 aliphatic carbocycles. The van der Waals surface area contributed by atoms with Crippen molar-refractivity contribution in [2.24, 2.45) is 5.92 Å². The first-order valence-corrected chi connectivity index (χ1v) is 6.48. The topological polar surface area (TPSA) is 38.5 Å². The molecule has 0 saturated carbocycles. The van der Waals surface area contributed by atoms with E-state index in [9.17, 15) is 0 Å². The second-order valence-corrected chi connectivity index (χ2v) is 4.85. The van der Waals surface area contributed by atoms with Crippen molar-refractivity contribution in [2.75, 3.05) is 30.3 Å². The lowest BCUT2D eigenvalue weighted by Crippen LogP contribution is -2.34. The third kappa shape index (κ3) is 2.84. The maximum atomic E-state index is 5.89. The highest BCUT2D eigenvalue weighted by Crippen LogP contribution is 2.30. The fraction of sp³-hybridized carbons (Fsp3) is 0.571. The third-order valence-electron chi connectivity index (χ3n) is 3.32. The number of rotatable bonds is 3. The fourth-order valence-corrected chi connectivity index (χ4v) is 2.42. The summed E-state index contributed by atoms with van der Waals surface area (Å²) in [7, 11) is 0. The minimum atomic E-state index is 0.657. The summed E-state index contributed by atoms with van der Waals surface area (Å²) < 4.78 is 5.54. The van der Waals surface area contributed by atoms with Crippen molar-refractivity contribution >= 4 is 11.4 Å². The zero-order chi connectivity index (χ0) is 12.3. The van der Waals surface area contributed by atoms with Crippen molar-refractivity contribution in [3.8, 4) is 5.75 Å². The van der Waals surface area contributed by atoms with Gasteiger partial charge in [0.1, 0.15) is 5.75 Å². The van der Waals surface area contributed by atoms with Gasteiger partial charge in [-0.2, -0.15) is 0 Å². The van der Waals surface area contributed by atoms with Crippen LogP contribution in [0.15, 0.2) is 18.2 Å². The molecular weight excluding hydrogens is 212 g/mol. The molecule has 1 aromatic carbocycles. The summed E-state index contributed by atoms with van der Waals surface area (Å²) in [5.74, 6) is 1.58. The Bertz CT molecular complexity index is 378. The molecule has 1 saturated heterocycles.